The van der Waals surface area contributed by atoms with E-state index in [-0.39, 0.29) is 4.90 Å². The molecule has 0 aliphatic rings. The number of aromatic nitrogens is 1. The van der Waals surface area contributed by atoms with Crippen LogP contribution in [0.1, 0.15) is 15.9 Å². The SMILES string of the molecule is COC(=O)c1ccc(C=Nc2ccc(S(=O)(=O)Nc3cccnc3)cc2)cc1. The molecule has 0 aliphatic carbocycles. The van der Waals surface area contributed by atoms with E-state index in [1.165, 1.54) is 25.4 Å². The van der Waals surface area contributed by atoms with E-state index in [1.54, 1.807) is 60.9 Å². The third-order valence-electron chi connectivity index (χ3n) is 3.76. The van der Waals surface area contributed by atoms with Gasteiger partial charge in [-0.2, -0.15) is 0 Å². The molecule has 3 aromatic rings. The summed E-state index contributed by atoms with van der Waals surface area (Å²) in [4.78, 5) is 19.7. The number of carbonyl (C=O) groups is 1. The molecule has 0 saturated heterocycles. The Morgan fingerprint density at radius 3 is 2.39 bits per heavy atom. The molecule has 1 N–H and O–H groups in total. The van der Waals surface area contributed by atoms with Crippen LogP contribution in [0.25, 0.3) is 0 Å². The maximum Gasteiger partial charge on any atom is 0.337 e. The monoisotopic (exact) mass is 395 g/mol. The Labute approximate surface area is 162 Å². The number of nitrogens with one attached hydrogen (secondary N) is 1. The number of hydrogen-bond donors (Lipinski definition) is 1. The number of esters is 1. The lowest BCUT2D eigenvalue weighted by Gasteiger charge is -2.07. The highest BCUT2D eigenvalue weighted by molar-refractivity contribution is 7.92. The van der Waals surface area contributed by atoms with Crippen LogP contribution in [0.2, 0.25) is 0 Å². The topological polar surface area (TPSA) is 97.7 Å². The molecule has 3 rings (SSSR count). The number of carbonyl (C=O) groups excluding carboxylic acids is 1. The second kappa shape index (κ2) is 8.45. The van der Waals surface area contributed by atoms with Crippen molar-refractivity contribution < 1.29 is 17.9 Å². The fourth-order valence-electron chi connectivity index (χ4n) is 2.32. The number of sulfonamides is 1. The van der Waals surface area contributed by atoms with E-state index in [2.05, 4.69) is 19.4 Å². The maximum absolute atomic E-state index is 12.4. The lowest BCUT2D eigenvalue weighted by atomic mass is 10.1. The number of pyridine rings is 1. The third-order valence-corrected chi connectivity index (χ3v) is 5.15. The van der Waals surface area contributed by atoms with Gasteiger partial charge in [0.15, 0.2) is 0 Å². The summed E-state index contributed by atoms with van der Waals surface area (Å²) in [6.07, 6.45) is 4.62. The first-order valence-corrected chi connectivity index (χ1v) is 9.71. The summed E-state index contributed by atoms with van der Waals surface area (Å²) in [5.41, 5.74) is 2.23. The Kier molecular flexibility index (Phi) is 5.81. The molecule has 0 amide bonds. The van der Waals surface area contributed by atoms with Crippen molar-refractivity contribution in [2.75, 3.05) is 11.8 Å². The van der Waals surface area contributed by atoms with Crippen LogP contribution < -0.4 is 4.72 Å². The summed E-state index contributed by atoms with van der Waals surface area (Å²) in [6.45, 7) is 0. The Hall–Kier alpha value is -3.52. The Morgan fingerprint density at radius 2 is 1.79 bits per heavy atom. The average molecular weight is 395 g/mol. The average Bonchev–Trinajstić information content (AvgIpc) is 2.73. The van der Waals surface area contributed by atoms with Gasteiger partial charge >= 0.3 is 5.97 Å². The van der Waals surface area contributed by atoms with Gasteiger partial charge in [-0.3, -0.25) is 14.7 Å². The fourth-order valence-corrected chi connectivity index (χ4v) is 3.36. The minimum atomic E-state index is -3.70. The summed E-state index contributed by atoms with van der Waals surface area (Å²) in [7, 11) is -2.37. The van der Waals surface area contributed by atoms with Gasteiger partial charge < -0.3 is 4.74 Å². The van der Waals surface area contributed by atoms with Crippen molar-refractivity contribution in [3.63, 3.8) is 0 Å². The van der Waals surface area contributed by atoms with Crippen molar-refractivity contribution in [1.29, 1.82) is 0 Å². The van der Waals surface area contributed by atoms with E-state index in [9.17, 15) is 13.2 Å². The van der Waals surface area contributed by atoms with Gasteiger partial charge in [0.2, 0.25) is 0 Å². The van der Waals surface area contributed by atoms with Crippen LogP contribution in [0.5, 0.6) is 0 Å². The molecule has 0 radical (unpaired) electrons. The van der Waals surface area contributed by atoms with Gasteiger partial charge in [0.05, 0.1) is 35.1 Å². The molecule has 0 unspecified atom stereocenters. The largest absolute Gasteiger partial charge is 0.465 e. The van der Waals surface area contributed by atoms with Crippen LogP contribution in [-0.4, -0.2) is 32.7 Å². The number of methoxy groups -OCH3 is 1. The number of ether oxygens (including phenoxy) is 1. The minimum absolute atomic E-state index is 0.123. The zero-order valence-corrected chi connectivity index (χ0v) is 15.8. The van der Waals surface area contributed by atoms with Crippen molar-refractivity contribution in [2.45, 2.75) is 4.90 Å². The first-order valence-electron chi connectivity index (χ1n) is 8.23. The van der Waals surface area contributed by atoms with Crippen LogP contribution in [0.3, 0.4) is 0 Å². The van der Waals surface area contributed by atoms with Gasteiger partial charge in [0.1, 0.15) is 0 Å². The highest BCUT2D eigenvalue weighted by Gasteiger charge is 2.13. The molecule has 0 saturated carbocycles. The lowest BCUT2D eigenvalue weighted by Crippen LogP contribution is -2.12. The Bertz CT molecular complexity index is 1080. The van der Waals surface area contributed by atoms with Crippen molar-refractivity contribution in [3.05, 3.63) is 84.2 Å². The minimum Gasteiger partial charge on any atom is -0.465 e. The highest BCUT2D eigenvalue weighted by Crippen LogP contribution is 2.19. The lowest BCUT2D eigenvalue weighted by molar-refractivity contribution is 0.0600. The van der Waals surface area contributed by atoms with Gasteiger partial charge in [-0.15, -0.1) is 0 Å². The standard InChI is InChI=1S/C20H17N3O4S/c1-27-20(24)16-6-4-15(5-7-16)13-22-17-8-10-19(11-9-17)28(25,26)23-18-3-2-12-21-14-18/h2-14,23H,1H3. The molecular formula is C20H17N3O4S. The van der Waals surface area contributed by atoms with Crippen LogP contribution in [0.15, 0.2) is 82.9 Å². The summed E-state index contributed by atoms with van der Waals surface area (Å²) in [5.74, 6) is -0.403. The number of rotatable bonds is 6. The summed E-state index contributed by atoms with van der Waals surface area (Å²) >= 11 is 0. The second-order valence-corrected chi connectivity index (χ2v) is 7.40. The first-order chi connectivity index (χ1) is 13.5. The summed E-state index contributed by atoms with van der Waals surface area (Å²) < 4.78 is 31.9. The van der Waals surface area contributed by atoms with Gasteiger partial charge in [-0.25, -0.2) is 13.2 Å². The number of benzene rings is 2. The van der Waals surface area contributed by atoms with Gasteiger partial charge in [-0.1, -0.05) is 12.1 Å². The highest BCUT2D eigenvalue weighted by atomic mass is 32.2. The van der Waals surface area contributed by atoms with E-state index < -0.39 is 16.0 Å². The third kappa shape index (κ3) is 4.80. The normalized spacial score (nSPS) is 11.3. The van der Waals surface area contributed by atoms with Gasteiger partial charge in [0.25, 0.3) is 10.0 Å². The smallest absolute Gasteiger partial charge is 0.337 e. The van der Waals surface area contributed by atoms with Crippen LogP contribution >= 0.6 is 0 Å². The van der Waals surface area contributed by atoms with Crippen molar-refractivity contribution >= 4 is 33.6 Å². The number of nitrogens with zero attached hydrogens (tertiary/aromatic N) is 2. The van der Waals surface area contributed by atoms with E-state index in [0.717, 1.165) is 5.56 Å². The molecule has 7 nitrogen and oxygen atoms in total. The van der Waals surface area contributed by atoms with Gasteiger partial charge in [-0.05, 0) is 54.1 Å². The molecule has 2 aromatic carbocycles. The second-order valence-electron chi connectivity index (χ2n) is 5.71. The van der Waals surface area contributed by atoms with Crippen molar-refractivity contribution in [3.8, 4) is 0 Å². The number of aliphatic imine (C=N–C) groups is 1. The zero-order chi connectivity index (χ0) is 20.0. The molecule has 1 aromatic heterocycles. The van der Waals surface area contributed by atoms with Crippen LogP contribution in [-0.2, 0) is 14.8 Å². The maximum atomic E-state index is 12.4. The molecule has 0 spiro atoms. The van der Waals surface area contributed by atoms with E-state index in [0.29, 0.717) is 16.9 Å². The number of anilines is 1. The number of hydrogen-bond acceptors (Lipinski definition) is 6. The van der Waals surface area contributed by atoms with Crippen molar-refractivity contribution in [2.24, 2.45) is 4.99 Å². The van der Waals surface area contributed by atoms with Gasteiger partial charge in [0, 0.05) is 12.4 Å². The summed E-state index contributed by atoms with van der Waals surface area (Å²) in [6, 6.07) is 16.2. The Balaban J connectivity index is 1.70. The molecule has 142 valence electrons. The van der Waals surface area contributed by atoms with Crippen molar-refractivity contribution in [1.82, 2.24) is 4.98 Å². The van der Waals surface area contributed by atoms with Crippen LogP contribution in [0.4, 0.5) is 11.4 Å². The van der Waals surface area contributed by atoms with E-state index in [4.69, 9.17) is 0 Å². The molecule has 8 heteroatoms. The quantitative estimate of drug-likeness (QED) is 0.509. The zero-order valence-electron chi connectivity index (χ0n) is 14.9. The predicted molar refractivity (Wildman–Crippen MR) is 107 cm³/mol. The van der Waals surface area contributed by atoms with Crippen LogP contribution in [0, 0.1) is 0 Å². The fraction of sp³-hybridized carbons (Fsp3) is 0.0500. The molecule has 0 fully saturated rings. The first kappa shape index (κ1) is 19.2. The summed E-state index contributed by atoms with van der Waals surface area (Å²) in [5, 5.41) is 0. The molecule has 0 atom stereocenters. The molecule has 1 heterocycles. The molecular weight excluding hydrogens is 378 g/mol. The Morgan fingerprint density at radius 1 is 1.07 bits per heavy atom. The molecule has 0 bridgehead atoms. The molecule has 0 aliphatic heterocycles. The molecule has 28 heavy (non-hydrogen) atoms. The predicted octanol–water partition coefficient (Wildman–Crippen LogP) is 3.42. The van der Waals surface area contributed by atoms with E-state index in [1.807, 2.05) is 0 Å². The van der Waals surface area contributed by atoms with E-state index >= 15 is 0 Å².